The van der Waals surface area contributed by atoms with E-state index in [1.54, 1.807) is 0 Å². The molecule has 110 valence electrons. The maximum absolute atomic E-state index is 12.6. The zero-order valence-corrected chi connectivity index (χ0v) is 12.4. The van der Waals surface area contributed by atoms with E-state index in [1.807, 2.05) is 0 Å². The quantitative estimate of drug-likeness (QED) is 0.680. The summed E-state index contributed by atoms with van der Waals surface area (Å²) in [6.45, 7) is 0.401. The minimum Gasteiger partial charge on any atom is -0.468 e. The van der Waals surface area contributed by atoms with Crippen molar-refractivity contribution in [3.8, 4) is 12.3 Å². The Labute approximate surface area is 126 Å². The van der Waals surface area contributed by atoms with Crippen LogP contribution >= 0.6 is 0 Å². The number of carbonyl (C=O) groups is 1. The van der Waals surface area contributed by atoms with E-state index < -0.39 is 5.54 Å². The molecule has 1 aromatic carbocycles. The van der Waals surface area contributed by atoms with Gasteiger partial charge in [0.2, 0.25) is 0 Å². The molecule has 1 saturated carbocycles. The van der Waals surface area contributed by atoms with E-state index in [0.29, 0.717) is 6.54 Å². The molecule has 1 fully saturated rings. The van der Waals surface area contributed by atoms with Gasteiger partial charge < -0.3 is 4.74 Å². The lowest BCUT2D eigenvalue weighted by Crippen LogP contribution is -2.60. The highest BCUT2D eigenvalue weighted by molar-refractivity contribution is 5.82. The fraction of sp³-hybridized carbons (Fsp3) is 0.500. The number of rotatable bonds is 3. The van der Waals surface area contributed by atoms with Gasteiger partial charge in [-0.05, 0) is 48.6 Å². The lowest BCUT2D eigenvalue weighted by atomic mass is 9.78. The minimum absolute atomic E-state index is 0.155. The van der Waals surface area contributed by atoms with Crippen LogP contribution in [0.5, 0.6) is 0 Å². The number of methoxy groups -OCH3 is 1. The summed E-state index contributed by atoms with van der Waals surface area (Å²) in [4.78, 5) is 12.6. The molecule has 3 rings (SSSR count). The van der Waals surface area contributed by atoms with E-state index in [1.165, 1.54) is 18.2 Å². The molecule has 0 radical (unpaired) electrons. The maximum Gasteiger partial charge on any atom is 0.326 e. The Kier molecular flexibility index (Phi) is 3.73. The molecule has 0 spiro atoms. The molecule has 21 heavy (non-hydrogen) atoms. The Balaban J connectivity index is 2.02. The highest BCUT2D eigenvalue weighted by Crippen LogP contribution is 2.47. The summed E-state index contributed by atoms with van der Waals surface area (Å²) in [5.41, 5.74) is 2.10. The fourth-order valence-corrected chi connectivity index (χ4v) is 4.26. The molecular weight excluding hydrogens is 262 g/mol. The first-order chi connectivity index (χ1) is 10.2. The van der Waals surface area contributed by atoms with Crippen LogP contribution < -0.4 is 5.32 Å². The second kappa shape index (κ2) is 5.54. The summed E-state index contributed by atoms with van der Waals surface area (Å²) in [7, 11) is 1.47. The molecule has 1 aromatic rings. The average molecular weight is 283 g/mol. The molecular formula is C18H21NO2. The molecule has 0 heterocycles. The van der Waals surface area contributed by atoms with E-state index in [0.717, 1.165) is 25.7 Å². The third-order valence-electron chi connectivity index (χ3n) is 5.21. The average Bonchev–Trinajstić information content (AvgIpc) is 2.75. The van der Waals surface area contributed by atoms with Crippen LogP contribution in [0.4, 0.5) is 0 Å². The molecule has 2 bridgehead atoms. The normalized spacial score (nSPS) is 30.1. The maximum atomic E-state index is 12.6. The van der Waals surface area contributed by atoms with Crippen LogP contribution in [-0.2, 0) is 22.4 Å². The Morgan fingerprint density at radius 2 is 1.90 bits per heavy atom. The monoisotopic (exact) mass is 283 g/mol. The summed E-state index contributed by atoms with van der Waals surface area (Å²) < 4.78 is 5.16. The fourth-order valence-electron chi connectivity index (χ4n) is 4.26. The summed E-state index contributed by atoms with van der Waals surface area (Å²) in [6, 6.07) is 8.51. The number of carbonyl (C=O) groups excluding carboxylic acids is 1. The van der Waals surface area contributed by atoms with Gasteiger partial charge in [-0.1, -0.05) is 30.2 Å². The second-order valence-corrected chi connectivity index (χ2v) is 6.07. The molecule has 2 aliphatic rings. The van der Waals surface area contributed by atoms with Crippen molar-refractivity contribution in [2.24, 2.45) is 11.8 Å². The number of hydrogen-bond acceptors (Lipinski definition) is 3. The van der Waals surface area contributed by atoms with Crippen LogP contribution in [-0.4, -0.2) is 25.2 Å². The van der Waals surface area contributed by atoms with Crippen molar-refractivity contribution in [3.05, 3.63) is 35.4 Å². The van der Waals surface area contributed by atoms with Gasteiger partial charge in [0.25, 0.3) is 0 Å². The Morgan fingerprint density at radius 1 is 1.33 bits per heavy atom. The van der Waals surface area contributed by atoms with Gasteiger partial charge in [-0.2, -0.15) is 0 Å². The summed E-state index contributed by atoms with van der Waals surface area (Å²) in [6.07, 6.45) is 9.34. The smallest absolute Gasteiger partial charge is 0.326 e. The van der Waals surface area contributed by atoms with Gasteiger partial charge in [0, 0.05) is 0 Å². The Hall–Kier alpha value is -1.79. The molecule has 0 aliphatic heterocycles. The van der Waals surface area contributed by atoms with Crippen molar-refractivity contribution in [2.45, 2.75) is 31.2 Å². The van der Waals surface area contributed by atoms with Crippen LogP contribution in [0.2, 0.25) is 0 Å². The number of fused-ring (bicyclic) bond motifs is 3. The summed E-state index contributed by atoms with van der Waals surface area (Å²) >= 11 is 0. The summed E-state index contributed by atoms with van der Waals surface area (Å²) in [5.74, 6) is 2.97. The first kappa shape index (κ1) is 14.2. The van der Waals surface area contributed by atoms with Crippen LogP contribution in [0.15, 0.2) is 24.3 Å². The van der Waals surface area contributed by atoms with Gasteiger partial charge >= 0.3 is 5.97 Å². The largest absolute Gasteiger partial charge is 0.468 e. The number of benzene rings is 1. The van der Waals surface area contributed by atoms with Crippen LogP contribution in [0.1, 0.15) is 24.0 Å². The Bertz CT molecular complexity index is 554. The lowest BCUT2D eigenvalue weighted by Gasteiger charge is -2.36. The van der Waals surface area contributed by atoms with E-state index in [2.05, 4.69) is 35.5 Å². The predicted octanol–water partition coefficient (Wildman–Crippen LogP) is 1.95. The standard InChI is InChI=1S/C18H21NO2/c1-3-10-19-18(17(20)21-2)15-8-9-16(18)12-14-7-5-4-6-13(14)11-15/h1,4-7,15-16,19H,8-12H2,2H3. The van der Waals surface area contributed by atoms with Gasteiger partial charge in [0.15, 0.2) is 0 Å². The van der Waals surface area contributed by atoms with Gasteiger partial charge in [-0.15, -0.1) is 6.42 Å². The van der Waals surface area contributed by atoms with Crippen molar-refractivity contribution >= 4 is 5.97 Å². The molecule has 0 amide bonds. The number of ether oxygens (including phenoxy) is 1. The molecule has 0 saturated heterocycles. The minimum atomic E-state index is -0.625. The Morgan fingerprint density at radius 3 is 2.38 bits per heavy atom. The van der Waals surface area contributed by atoms with E-state index in [4.69, 9.17) is 11.2 Å². The van der Waals surface area contributed by atoms with Crippen molar-refractivity contribution in [1.82, 2.24) is 5.32 Å². The zero-order valence-electron chi connectivity index (χ0n) is 12.4. The SMILES string of the molecule is C#CCNC1(C(=O)OC)C2CCC1Cc1ccccc1C2. The van der Waals surface area contributed by atoms with Crippen molar-refractivity contribution in [3.63, 3.8) is 0 Å². The third kappa shape index (κ3) is 2.15. The first-order valence-electron chi connectivity index (χ1n) is 7.56. The molecule has 2 aliphatic carbocycles. The topological polar surface area (TPSA) is 38.3 Å². The van der Waals surface area contributed by atoms with Crippen LogP contribution in [0, 0.1) is 24.2 Å². The molecule has 0 aromatic heterocycles. The highest BCUT2D eigenvalue weighted by Gasteiger charge is 2.57. The van der Waals surface area contributed by atoms with Crippen LogP contribution in [0.25, 0.3) is 0 Å². The predicted molar refractivity (Wildman–Crippen MR) is 81.6 cm³/mol. The number of terminal acetylenes is 1. The van der Waals surface area contributed by atoms with Gasteiger partial charge in [0.05, 0.1) is 13.7 Å². The second-order valence-electron chi connectivity index (χ2n) is 6.07. The third-order valence-corrected chi connectivity index (χ3v) is 5.21. The van der Waals surface area contributed by atoms with Crippen molar-refractivity contribution in [1.29, 1.82) is 0 Å². The molecule has 1 N–H and O–H groups in total. The van der Waals surface area contributed by atoms with Crippen molar-refractivity contribution in [2.75, 3.05) is 13.7 Å². The molecule has 2 atom stereocenters. The van der Waals surface area contributed by atoms with E-state index in [9.17, 15) is 4.79 Å². The van der Waals surface area contributed by atoms with E-state index in [-0.39, 0.29) is 17.8 Å². The zero-order chi connectivity index (χ0) is 14.9. The lowest BCUT2D eigenvalue weighted by molar-refractivity contribution is -0.152. The van der Waals surface area contributed by atoms with Gasteiger partial charge in [-0.25, -0.2) is 0 Å². The molecule has 3 nitrogen and oxygen atoms in total. The molecule has 2 unspecified atom stereocenters. The van der Waals surface area contributed by atoms with Crippen molar-refractivity contribution < 1.29 is 9.53 Å². The van der Waals surface area contributed by atoms with Gasteiger partial charge in [0.1, 0.15) is 5.54 Å². The number of esters is 1. The van der Waals surface area contributed by atoms with Gasteiger partial charge in [-0.3, -0.25) is 10.1 Å². The number of hydrogen-bond donors (Lipinski definition) is 1. The first-order valence-corrected chi connectivity index (χ1v) is 7.56. The van der Waals surface area contributed by atoms with Crippen LogP contribution in [0.3, 0.4) is 0 Å². The summed E-state index contributed by atoms with van der Waals surface area (Å²) in [5, 5.41) is 3.36. The number of nitrogens with one attached hydrogen (secondary N) is 1. The highest BCUT2D eigenvalue weighted by atomic mass is 16.5. The molecule has 3 heteroatoms. The van der Waals surface area contributed by atoms with E-state index >= 15 is 0 Å².